The van der Waals surface area contributed by atoms with E-state index in [-0.39, 0.29) is 6.54 Å². The summed E-state index contributed by atoms with van der Waals surface area (Å²) in [5.41, 5.74) is 2.77. The molecule has 3 rings (SSSR count). The van der Waals surface area contributed by atoms with E-state index >= 15 is 0 Å². The van der Waals surface area contributed by atoms with Gasteiger partial charge in [-0.3, -0.25) is 9.69 Å². The average Bonchev–Trinajstić information content (AvgIpc) is 3.28. The van der Waals surface area contributed by atoms with E-state index in [1.165, 1.54) is 24.0 Å². The number of carbonyl (C=O) groups is 1. The van der Waals surface area contributed by atoms with E-state index in [1.807, 2.05) is 0 Å². The Morgan fingerprint density at radius 1 is 1.33 bits per heavy atom. The Balaban J connectivity index is 1.43. The molecule has 2 saturated carbocycles. The summed E-state index contributed by atoms with van der Waals surface area (Å²) in [6, 6.07) is 10.0. The molecule has 0 aromatic heterocycles. The van der Waals surface area contributed by atoms with E-state index in [9.17, 15) is 4.79 Å². The van der Waals surface area contributed by atoms with Gasteiger partial charge in [0.1, 0.15) is 0 Å². The first-order valence-corrected chi connectivity index (χ1v) is 9.27. The summed E-state index contributed by atoms with van der Waals surface area (Å²) in [6.45, 7) is 5.59. The highest BCUT2D eigenvalue weighted by Gasteiger charge is 2.37. The zero-order chi connectivity index (χ0) is 17.1. The van der Waals surface area contributed by atoms with Gasteiger partial charge in [-0.1, -0.05) is 24.3 Å². The van der Waals surface area contributed by atoms with Crippen molar-refractivity contribution in [1.82, 2.24) is 10.2 Å². The van der Waals surface area contributed by atoms with Crippen LogP contribution in [0.25, 0.3) is 0 Å². The van der Waals surface area contributed by atoms with Crippen molar-refractivity contribution in [2.75, 3.05) is 13.1 Å². The van der Waals surface area contributed by atoms with Crippen LogP contribution in [0, 0.1) is 12.8 Å². The van der Waals surface area contributed by atoms with Crippen LogP contribution in [0.1, 0.15) is 43.7 Å². The number of hydrogen-bond acceptors (Lipinski definition) is 3. The molecule has 0 saturated heterocycles. The highest BCUT2D eigenvalue weighted by molar-refractivity contribution is 5.69. The molecule has 2 aliphatic rings. The van der Waals surface area contributed by atoms with Crippen LogP contribution in [0.4, 0.5) is 0 Å². The standard InChI is InChI=1S/C20H30N2O2/c1-14-5-3-4-6-17(14)9-15(2)21-18-10-19(11-18)22(13-20(23)24)12-16-7-8-16/h3-6,15-16,18-19,21H,7-13H2,1-2H3,(H,23,24). The van der Waals surface area contributed by atoms with Gasteiger partial charge in [0.05, 0.1) is 6.54 Å². The maximum atomic E-state index is 11.1. The number of carboxylic acid groups (broad SMARTS) is 1. The van der Waals surface area contributed by atoms with Gasteiger partial charge in [-0.2, -0.15) is 0 Å². The molecule has 2 aliphatic carbocycles. The van der Waals surface area contributed by atoms with Crippen molar-refractivity contribution in [3.8, 4) is 0 Å². The van der Waals surface area contributed by atoms with Crippen molar-refractivity contribution in [2.24, 2.45) is 5.92 Å². The van der Waals surface area contributed by atoms with Crippen LogP contribution in [0.5, 0.6) is 0 Å². The van der Waals surface area contributed by atoms with E-state index in [4.69, 9.17) is 5.11 Å². The van der Waals surface area contributed by atoms with Crippen LogP contribution in [0.3, 0.4) is 0 Å². The lowest BCUT2D eigenvalue weighted by atomic mass is 9.84. The number of benzene rings is 1. The van der Waals surface area contributed by atoms with Crippen LogP contribution in [-0.4, -0.2) is 47.2 Å². The number of nitrogens with zero attached hydrogens (tertiary/aromatic N) is 1. The summed E-state index contributed by atoms with van der Waals surface area (Å²) < 4.78 is 0. The minimum absolute atomic E-state index is 0.201. The molecule has 132 valence electrons. The number of carboxylic acids is 1. The molecule has 2 fully saturated rings. The van der Waals surface area contributed by atoms with Crippen LogP contribution >= 0.6 is 0 Å². The van der Waals surface area contributed by atoms with Crippen molar-refractivity contribution in [1.29, 1.82) is 0 Å². The topological polar surface area (TPSA) is 52.6 Å². The first-order chi connectivity index (χ1) is 11.5. The second-order valence-electron chi connectivity index (χ2n) is 7.79. The summed E-state index contributed by atoms with van der Waals surface area (Å²) in [7, 11) is 0. The Bertz CT molecular complexity index is 565. The predicted molar refractivity (Wildman–Crippen MR) is 96.2 cm³/mol. The minimum atomic E-state index is -0.694. The van der Waals surface area contributed by atoms with E-state index in [0.29, 0.717) is 18.1 Å². The van der Waals surface area contributed by atoms with Crippen LogP contribution in [0.2, 0.25) is 0 Å². The molecule has 1 aromatic carbocycles. The van der Waals surface area contributed by atoms with E-state index in [0.717, 1.165) is 31.7 Å². The van der Waals surface area contributed by atoms with Crippen LogP contribution < -0.4 is 5.32 Å². The zero-order valence-electron chi connectivity index (χ0n) is 14.9. The first-order valence-electron chi connectivity index (χ1n) is 9.27. The Labute approximate surface area is 145 Å². The van der Waals surface area contributed by atoms with E-state index in [2.05, 4.69) is 48.3 Å². The summed E-state index contributed by atoms with van der Waals surface area (Å²) >= 11 is 0. The Hall–Kier alpha value is -1.39. The second-order valence-corrected chi connectivity index (χ2v) is 7.79. The first kappa shape index (κ1) is 17.4. The molecule has 0 amide bonds. The fourth-order valence-corrected chi connectivity index (χ4v) is 3.80. The summed E-state index contributed by atoms with van der Waals surface area (Å²) in [5.74, 6) is 0.0521. The largest absolute Gasteiger partial charge is 0.480 e. The van der Waals surface area contributed by atoms with Gasteiger partial charge in [0, 0.05) is 24.7 Å². The highest BCUT2D eigenvalue weighted by Crippen LogP contribution is 2.34. The SMILES string of the molecule is Cc1ccccc1CC(C)NC1CC(N(CC(=O)O)CC2CC2)C1. The summed E-state index contributed by atoms with van der Waals surface area (Å²) in [6.07, 6.45) is 5.76. The highest BCUT2D eigenvalue weighted by atomic mass is 16.4. The summed E-state index contributed by atoms with van der Waals surface area (Å²) in [5, 5.41) is 12.9. The number of nitrogens with one attached hydrogen (secondary N) is 1. The second kappa shape index (κ2) is 7.66. The molecule has 4 nitrogen and oxygen atoms in total. The molecular weight excluding hydrogens is 300 g/mol. The smallest absolute Gasteiger partial charge is 0.317 e. The normalized spacial score (nSPS) is 24.6. The van der Waals surface area contributed by atoms with Gasteiger partial charge in [-0.05, 0) is 63.0 Å². The lowest BCUT2D eigenvalue weighted by molar-refractivity contribution is -0.139. The fourth-order valence-electron chi connectivity index (χ4n) is 3.80. The quantitative estimate of drug-likeness (QED) is 0.731. The molecule has 0 spiro atoms. The van der Waals surface area contributed by atoms with Crippen molar-refractivity contribution in [3.63, 3.8) is 0 Å². The Kier molecular flexibility index (Phi) is 5.57. The predicted octanol–water partition coefficient (Wildman–Crippen LogP) is 2.84. The van der Waals surface area contributed by atoms with Crippen LogP contribution in [-0.2, 0) is 11.2 Å². The van der Waals surface area contributed by atoms with Crippen molar-refractivity contribution in [2.45, 2.75) is 64.1 Å². The lowest BCUT2D eigenvalue weighted by Crippen LogP contribution is -2.56. The molecule has 2 N–H and O–H groups in total. The van der Waals surface area contributed by atoms with Crippen molar-refractivity contribution in [3.05, 3.63) is 35.4 Å². The number of aliphatic carboxylic acids is 1. The molecule has 0 bridgehead atoms. The van der Waals surface area contributed by atoms with Gasteiger partial charge in [0.15, 0.2) is 0 Å². The number of aryl methyl sites for hydroxylation is 1. The third-order valence-corrected chi connectivity index (χ3v) is 5.47. The van der Waals surface area contributed by atoms with Gasteiger partial charge >= 0.3 is 5.97 Å². The molecule has 24 heavy (non-hydrogen) atoms. The minimum Gasteiger partial charge on any atom is -0.480 e. The third-order valence-electron chi connectivity index (χ3n) is 5.47. The van der Waals surface area contributed by atoms with E-state index < -0.39 is 5.97 Å². The van der Waals surface area contributed by atoms with Crippen molar-refractivity contribution < 1.29 is 9.90 Å². The Morgan fingerprint density at radius 2 is 2.04 bits per heavy atom. The fraction of sp³-hybridized carbons (Fsp3) is 0.650. The van der Waals surface area contributed by atoms with E-state index in [1.54, 1.807) is 0 Å². The van der Waals surface area contributed by atoms with Gasteiger partial charge in [-0.25, -0.2) is 0 Å². The molecule has 1 atom stereocenters. The van der Waals surface area contributed by atoms with Crippen molar-refractivity contribution >= 4 is 5.97 Å². The monoisotopic (exact) mass is 330 g/mol. The third kappa shape index (κ3) is 4.81. The molecular formula is C20H30N2O2. The average molecular weight is 330 g/mol. The molecule has 0 heterocycles. The molecule has 1 unspecified atom stereocenters. The van der Waals surface area contributed by atoms with Crippen LogP contribution in [0.15, 0.2) is 24.3 Å². The maximum Gasteiger partial charge on any atom is 0.317 e. The maximum absolute atomic E-state index is 11.1. The molecule has 0 aliphatic heterocycles. The lowest BCUT2D eigenvalue weighted by Gasteiger charge is -2.44. The molecule has 4 heteroatoms. The molecule has 0 radical (unpaired) electrons. The Morgan fingerprint density at radius 3 is 2.67 bits per heavy atom. The summed E-state index contributed by atoms with van der Waals surface area (Å²) in [4.78, 5) is 13.3. The van der Waals surface area contributed by atoms with Gasteiger partial charge in [0.25, 0.3) is 0 Å². The molecule has 1 aromatic rings. The van der Waals surface area contributed by atoms with Gasteiger partial charge in [-0.15, -0.1) is 0 Å². The van der Waals surface area contributed by atoms with Gasteiger partial charge < -0.3 is 10.4 Å². The van der Waals surface area contributed by atoms with Gasteiger partial charge in [0.2, 0.25) is 0 Å². The number of rotatable bonds is 9. The zero-order valence-corrected chi connectivity index (χ0v) is 14.9. The number of hydrogen-bond donors (Lipinski definition) is 2.